The Bertz CT molecular complexity index is 834. The summed E-state index contributed by atoms with van der Waals surface area (Å²) >= 11 is 0. The first-order valence-corrected chi connectivity index (χ1v) is 11.2. The van der Waals surface area contributed by atoms with Crippen molar-refractivity contribution in [2.75, 3.05) is 49.6 Å². The summed E-state index contributed by atoms with van der Waals surface area (Å²) in [4.78, 5) is 20.9. The number of hydrogen-bond donors (Lipinski definition) is 2. The number of rotatable bonds is 3. The number of fused-ring (bicyclic) bond motifs is 1. The van der Waals surface area contributed by atoms with E-state index in [1.54, 1.807) is 13.2 Å². The number of anilines is 2. The highest BCUT2D eigenvalue weighted by atomic mass is 16.1. The summed E-state index contributed by atoms with van der Waals surface area (Å²) in [5, 5.41) is 5.85. The minimum atomic E-state index is -0.0996. The predicted octanol–water partition coefficient (Wildman–Crippen LogP) is 2.97. The first kappa shape index (κ1) is 20.7. The van der Waals surface area contributed by atoms with Crippen molar-refractivity contribution in [2.24, 2.45) is 0 Å². The highest BCUT2D eigenvalue weighted by molar-refractivity contribution is 5.93. The molecule has 1 amide bonds. The van der Waals surface area contributed by atoms with Crippen molar-refractivity contribution >= 4 is 17.4 Å². The van der Waals surface area contributed by atoms with Gasteiger partial charge in [-0.05, 0) is 80.6 Å². The maximum atomic E-state index is 11.6. The van der Waals surface area contributed by atoms with Gasteiger partial charge < -0.3 is 20.4 Å². The molecule has 2 saturated heterocycles. The molecule has 0 atom stereocenters. The lowest BCUT2D eigenvalue weighted by Gasteiger charge is -2.31. The number of amides is 1. The quantitative estimate of drug-likeness (QED) is 0.819. The maximum Gasteiger partial charge on any atom is 0.252 e. The van der Waals surface area contributed by atoms with E-state index in [1.807, 2.05) is 12.1 Å². The van der Waals surface area contributed by atoms with Crippen LogP contribution in [-0.4, -0.2) is 50.7 Å². The van der Waals surface area contributed by atoms with Gasteiger partial charge in [0, 0.05) is 45.1 Å². The Morgan fingerprint density at radius 2 is 1.77 bits per heavy atom. The highest BCUT2D eigenvalue weighted by Gasteiger charge is 2.20. The van der Waals surface area contributed by atoms with Crippen LogP contribution in [0.2, 0.25) is 0 Å². The fourth-order valence-electron chi connectivity index (χ4n) is 4.38. The average molecular weight is 408 g/mol. The van der Waals surface area contributed by atoms with Gasteiger partial charge in [0.25, 0.3) is 5.91 Å². The fraction of sp³-hybridized carbons (Fsp3) is 0.500. The highest BCUT2D eigenvalue weighted by Crippen LogP contribution is 2.28. The first-order chi connectivity index (χ1) is 14.7. The van der Waals surface area contributed by atoms with E-state index in [9.17, 15) is 4.79 Å². The number of nitrogens with zero attached hydrogens (tertiary/aromatic N) is 3. The summed E-state index contributed by atoms with van der Waals surface area (Å²) < 4.78 is 0. The van der Waals surface area contributed by atoms with Crippen molar-refractivity contribution in [3.8, 4) is 0 Å². The molecule has 3 aliphatic rings. The molecule has 0 radical (unpaired) electrons. The van der Waals surface area contributed by atoms with Gasteiger partial charge in [-0.15, -0.1) is 0 Å². The van der Waals surface area contributed by atoms with Crippen molar-refractivity contribution in [2.45, 2.75) is 38.6 Å². The molecule has 1 aromatic carbocycles. The van der Waals surface area contributed by atoms with Crippen LogP contribution in [-0.2, 0) is 13.0 Å². The zero-order valence-electron chi connectivity index (χ0n) is 18.0. The predicted molar refractivity (Wildman–Crippen MR) is 122 cm³/mol. The van der Waals surface area contributed by atoms with E-state index in [1.165, 1.54) is 68.7 Å². The average Bonchev–Trinajstić information content (AvgIpc) is 3.55. The van der Waals surface area contributed by atoms with E-state index in [2.05, 4.69) is 43.6 Å². The second kappa shape index (κ2) is 9.94. The Balaban J connectivity index is 0.000000383. The second-order valence-corrected chi connectivity index (χ2v) is 8.26. The molecule has 30 heavy (non-hydrogen) atoms. The van der Waals surface area contributed by atoms with E-state index in [0.29, 0.717) is 5.56 Å². The lowest BCUT2D eigenvalue weighted by molar-refractivity contribution is 0.0962. The third kappa shape index (κ3) is 4.93. The molecule has 0 spiro atoms. The zero-order valence-corrected chi connectivity index (χ0v) is 18.0. The van der Waals surface area contributed by atoms with Crippen LogP contribution in [0.25, 0.3) is 0 Å². The standard InChI is InChI=1S/C20H24N4O.C4H9N/c1-21-20(25)16-5-7-19(22-13-16)24-11-8-15-12-18(6-4-17(15)14-24)23-9-2-3-10-23;1-2-4-5-3-1/h4-7,12-13H,2-3,8-11,14H2,1H3,(H,21,25);5H,1-4H2. The Morgan fingerprint density at radius 3 is 2.40 bits per heavy atom. The molecular weight excluding hydrogens is 374 g/mol. The summed E-state index contributed by atoms with van der Waals surface area (Å²) in [6, 6.07) is 10.7. The van der Waals surface area contributed by atoms with E-state index < -0.39 is 0 Å². The Hall–Kier alpha value is -2.60. The summed E-state index contributed by atoms with van der Waals surface area (Å²) in [5.74, 6) is 0.833. The van der Waals surface area contributed by atoms with E-state index >= 15 is 0 Å². The lowest BCUT2D eigenvalue weighted by Crippen LogP contribution is -2.31. The Labute approximate surface area is 179 Å². The van der Waals surface area contributed by atoms with Gasteiger partial charge in [0.05, 0.1) is 5.56 Å². The lowest BCUT2D eigenvalue weighted by atomic mass is 9.98. The van der Waals surface area contributed by atoms with Gasteiger partial charge in [-0.1, -0.05) is 6.07 Å². The van der Waals surface area contributed by atoms with Crippen LogP contribution in [0, 0.1) is 0 Å². The minimum absolute atomic E-state index is 0.0996. The van der Waals surface area contributed by atoms with E-state index in [-0.39, 0.29) is 5.91 Å². The van der Waals surface area contributed by atoms with Gasteiger partial charge in [-0.3, -0.25) is 4.79 Å². The monoisotopic (exact) mass is 407 g/mol. The molecule has 3 aliphatic heterocycles. The molecule has 6 nitrogen and oxygen atoms in total. The topological polar surface area (TPSA) is 60.5 Å². The molecule has 4 heterocycles. The van der Waals surface area contributed by atoms with Crippen LogP contribution >= 0.6 is 0 Å². The third-order valence-electron chi connectivity index (χ3n) is 6.19. The van der Waals surface area contributed by atoms with Crippen LogP contribution < -0.4 is 20.4 Å². The van der Waals surface area contributed by atoms with Crippen LogP contribution in [0.3, 0.4) is 0 Å². The van der Waals surface area contributed by atoms with Crippen molar-refractivity contribution < 1.29 is 4.79 Å². The van der Waals surface area contributed by atoms with Crippen LogP contribution in [0.4, 0.5) is 11.5 Å². The summed E-state index contributed by atoms with van der Waals surface area (Å²) in [6.45, 7) is 6.71. The molecule has 1 aromatic heterocycles. The Morgan fingerprint density at radius 1 is 0.967 bits per heavy atom. The molecule has 160 valence electrons. The zero-order chi connectivity index (χ0) is 20.8. The maximum absolute atomic E-state index is 11.6. The van der Waals surface area contributed by atoms with Gasteiger partial charge in [0.15, 0.2) is 0 Å². The third-order valence-corrected chi connectivity index (χ3v) is 6.19. The summed E-state index contributed by atoms with van der Waals surface area (Å²) in [5.41, 5.74) is 4.81. The molecule has 0 aliphatic carbocycles. The number of hydrogen-bond acceptors (Lipinski definition) is 5. The molecule has 2 N–H and O–H groups in total. The molecule has 0 bridgehead atoms. The van der Waals surface area contributed by atoms with Crippen molar-refractivity contribution in [3.05, 3.63) is 53.2 Å². The van der Waals surface area contributed by atoms with Crippen LogP contribution in [0.15, 0.2) is 36.5 Å². The van der Waals surface area contributed by atoms with Crippen LogP contribution in [0.5, 0.6) is 0 Å². The SMILES string of the molecule is C1CCNC1.CNC(=O)c1ccc(N2CCc3cc(N4CCCC4)ccc3C2)nc1. The molecule has 5 rings (SSSR count). The summed E-state index contributed by atoms with van der Waals surface area (Å²) in [7, 11) is 1.63. The van der Waals surface area contributed by atoms with E-state index in [0.717, 1.165) is 25.3 Å². The largest absolute Gasteiger partial charge is 0.372 e. The van der Waals surface area contributed by atoms with Crippen molar-refractivity contribution in [3.63, 3.8) is 0 Å². The molecule has 2 aromatic rings. The smallest absolute Gasteiger partial charge is 0.252 e. The number of benzene rings is 1. The van der Waals surface area contributed by atoms with Gasteiger partial charge in [-0.25, -0.2) is 4.98 Å². The molecule has 0 unspecified atom stereocenters. The molecular formula is C24H33N5O. The first-order valence-electron chi connectivity index (χ1n) is 11.2. The normalized spacial score (nSPS) is 17.9. The minimum Gasteiger partial charge on any atom is -0.372 e. The van der Waals surface area contributed by atoms with Gasteiger partial charge in [0.2, 0.25) is 0 Å². The molecule has 0 saturated carbocycles. The number of nitrogens with one attached hydrogen (secondary N) is 2. The fourth-order valence-corrected chi connectivity index (χ4v) is 4.38. The summed E-state index contributed by atoms with van der Waals surface area (Å²) in [6.07, 6.45) is 8.08. The van der Waals surface area contributed by atoms with Gasteiger partial charge >= 0.3 is 0 Å². The van der Waals surface area contributed by atoms with Crippen molar-refractivity contribution in [1.29, 1.82) is 0 Å². The molecule has 6 heteroatoms. The number of carbonyl (C=O) groups excluding carboxylic acids is 1. The number of carbonyl (C=O) groups is 1. The van der Waals surface area contributed by atoms with Gasteiger partial charge in [0.1, 0.15) is 5.82 Å². The number of pyridine rings is 1. The Kier molecular flexibility index (Phi) is 6.84. The van der Waals surface area contributed by atoms with Crippen LogP contribution in [0.1, 0.15) is 47.2 Å². The second-order valence-electron chi connectivity index (χ2n) is 8.26. The van der Waals surface area contributed by atoms with E-state index in [4.69, 9.17) is 0 Å². The van der Waals surface area contributed by atoms with Crippen molar-refractivity contribution in [1.82, 2.24) is 15.6 Å². The molecule has 2 fully saturated rings. The number of aromatic nitrogens is 1. The van der Waals surface area contributed by atoms with Gasteiger partial charge in [-0.2, -0.15) is 0 Å².